The zero-order valence-corrected chi connectivity index (χ0v) is 12.0. The average Bonchev–Trinajstić information content (AvgIpc) is 2.63. The maximum absolute atomic E-state index is 12.0. The van der Waals surface area contributed by atoms with Crippen LogP contribution >= 0.6 is 0 Å². The minimum absolute atomic E-state index is 0.0406. The number of nitrogens with zero attached hydrogens (tertiary/aromatic N) is 1. The van der Waals surface area contributed by atoms with Crippen LogP contribution in [0, 0.1) is 0 Å². The van der Waals surface area contributed by atoms with Gasteiger partial charge in [0.2, 0.25) is 0 Å². The Labute approximate surface area is 110 Å². The molecule has 1 amide bonds. The summed E-state index contributed by atoms with van der Waals surface area (Å²) in [6.07, 6.45) is 3.55. The molecule has 104 valence electrons. The summed E-state index contributed by atoms with van der Waals surface area (Å²) in [6.45, 7) is 8.28. The van der Waals surface area contributed by atoms with Crippen LogP contribution in [0.3, 0.4) is 0 Å². The number of amides is 1. The van der Waals surface area contributed by atoms with Crippen LogP contribution in [-0.2, 0) is 9.53 Å². The van der Waals surface area contributed by atoms with Crippen molar-refractivity contribution in [3.05, 3.63) is 0 Å². The molecule has 1 aliphatic rings. The lowest BCUT2D eigenvalue weighted by Crippen LogP contribution is -2.40. The number of ether oxygens (including phenoxy) is 1. The van der Waals surface area contributed by atoms with E-state index in [9.17, 15) is 9.59 Å². The van der Waals surface area contributed by atoms with Gasteiger partial charge in [0.15, 0.2) is 0 Å². The molecule has 0 saturated carbocycles. The van der Waals surface area contributed by atoms with Crippen molar-refractivity contribution in [1.82, 2.24) is 4.90 Å². The predicted molar refractivity (Wildman–Crippen MR) is 70.5 cm³/mol. The maximum Gasteiger partial charge on any atom is 0.410 e. The summed E-state index contributed by atoms with van der Waals surface area (Å²) in [7, 11) is 0. The SMILES string of the molecule is CCCC(=O)CC1CCCN1C(=O)OC(C)(C)C. The van der Waals surface area contributed by atoms with E-state index in [1.165, 1.54) is 0 Å². The van der Waals surface area contributed by atoms with Crippen molar-refractivity contribution < 1.29 is 14.3 Å². The Balaban J connectivity index is 2.54. The number of hydrogen-bond donors (Lipinski definition) is 0. The van der Waals surface area contributed by atoms with Gasteiger partial charge in [-0.1, -0.05) is 6.92 Å². The topological polar surface area (TPSA) is 46.6 Å². The molecular formula is C14H25NO3. The molecule has 1 unspecified atom stereocenters. The number of carbonyl (C=O) groups excluding carboxylic acids is 2. The third kappa shape index (κ3) is 4.67. The van der Waals surface area contributed by atoms with Gasteiger partial charge >= 0.3 is 6.09 Å². The second kappa shape index (κ2) is 6.21. The van der Waals surface area contributed by atoms with Crippen LogP contribution in [0.25, 0.3) is 0 Å². The second-order valence-electron chi connectivity index (χ2n) is 5.96. The van der Waals surface area contributed by atoms with Gasteiger partial charge in [-0.15, -0.1) is 0 Å². The third-order valence-electron chi connectivity index (χ3n) is 3.00. The van der Waals surface area contributed by atoms with Gasteiger partial charge in [-0.25, -0.2) is 4.79 Å². The maximum atomic E-state index is 12.0. The highest BCUT2D eigenvalue weighted by Gasteiger charge is 2.32. The Hall–Kier alpha value is -1.06. The summed E-state index contributed by atoms with van der Waals surface area (Å²) < 4.78 is 5.37. The lowest BCUT2D eigenvalue weighted by atomic mass is 10.1. The fourth-order valence-electron chi connectivity index (χ4n) is 2.25. The van der Waals surface area contributed by atoms with Crippen LogP contribution in [0.1, 0.15) is 59.8 Å². The smallest absolute Gasteiger partial charge is 0.410 e. The van der Waals surface area contributed by atoms with Gasteiger partial charge < -0.3 is 9.64 Å². The van der Waals surface area contributed by atoms with Crippen molar-refractivity contribution in [2.45, 2.75) is 71.4 Å². The number of Topliss-reactive ketones (excluding diaryl/α,β-unsaturated/α-hetero) is 1. The van der Waals surface area contributed by atoms with Gasteiger partial charge in [0.05, 0.1) is 0 Å². The van der Waals surface area contributed by atoms with Gasteiger partial charge in [-0.05, 0) is 40.0 Å². The molecule has 1 aliphatic heterocycles. The Bertz CT molecular complexity index is 307. The van der Waals surface area contributed by atoms with E-state index in [-0.39, 0.29) is 17.9 Å². The monoisotopic (exact) mass is 255 g/mol. The first-order chi connectivity index (χ1) is 8.33. The van der Waals surface area contributed by atoms with Gasteiger partial charge in [0, 0.05) is 25.4 Å². The van der Waals surface area contributed by atoms with Crippen LogP contribution in [0.2, 0.25) is 0 Å². The van der Waals surface area contributed by atoms with Crippen LogP contribution < -0.4 is 0 Å². The summed E-state index contributed by atoms with van der Waals surface area (Å²) in [4.78, 5) is 25.4. The van der Waals surface area contributed by atoms with Gasteiger partial charge in [0.1, 0.15) is 11.4 Å². The van der Waals surface area contributed by atoms with E-state index < -0.39 is 5.60 Å². The van der Waals surface area contributed by atoms with Crippen LogP contribution in [0.4, 0.5) is 4.79 Å². The van der Waals surface area contributed by atoms with Crippen molar-refractivity contribution in [2.24, 2.45) is 0 Å². The average molecular weight is 255 g/mol. The zero-order valence-electron chi connectivity index (χ0n) is 12.0. The van der Waals surface area contributed by atoms with Gasteiger partial charge in [-0.3, -0.25) is 4.79 Å². The van der Waals surface area contributed by atoms with E-state index in [0.717, 1.165) is 19.3 Å². The lowest BCUT2D eigenvalue weighted by Gasteiger charge is -2.28. The Morgan fingerprint density at radius 2 is 2.00 bits per heavy atom. The lowest BCUT2D eigenvalue weighted by molar-refractivity contribution is -0.120. The van der Waals surface area contributed by atoms with Crippen LogP contribution in [-0.4, -0.2) is 35.0 Å². The Morgan fingerprint density at radius 1 is 1.33 bits per heavy atom. The third-order valence-corrected chi connectivity index (χ3v) is 3.00. The first-order valence-electron chi connectivity index (χ1n) is 6.85. The van der Waals surface area contributed by atoms with Crippen molar-refractivity contribution >= 4 is 11.9 Å². The van der Waals surface area contributed by atoms with Crippen molar-refractivity contribution in [1.29, 1.82) is 0 Å². The van der Waals surface area contributed by atoms with Crippen molar-refractivity contribution in [2.75, 3.05) is 6.54 Å². The molecule has 0 aromatic carbocycles. The zero-order chi connectivity index (χ0) is 13.8. The number of carbonyl (C=O) groups is 2. The van der Waals surface area contributed by atoms with E-state index in [0.29, 0.717) is 19.4 Å². The number of rotatable bonds is 4. The first kappa shape index (κ1) is 15.0. The summed E-state index contributed by atoms with van der Waals surface area (Å²) in [5, 5.41) is 0. The number of ketones is 1. The molecule has 0 spiro atoms. The molecule has 0 aromatic rings. The number of hydrogen-bond acceptors (Lipinski definition) is 3. The highest BCUT2D eigenvalue weighted by Crippen LogP contribution is 2.23. The first-order valence-corrected chi connectivity index (χ1v) is 6.85. The molecule has 1 fully saturated rings. The van der Waals surface area contributed by atoms with E-state index in [4.69, 9.17) is 4.74 Å². The molecule has 0 bridgehead atoms. The molecule has 0 radical (unpaired) electrons. The van der Waals surface area contributed by atoms with E-state index >= 15 is 0 Å². The normalized spacial score (nSPS) is 20.0. The van der Waals surface area contributed by atoms with E-state index in [2.05, 4.69) is 0 Å². The largest absolute Gasteiger partial charge is 0.444 e. The van der Waals surface area contributed by atoms with E-state index in [1.54, 1.807) is 4.90 Å². The molecule has 0 aliphatic carbocycles. The minimum Gasteiger partial charge on any atom is -0.444 e. The standard InChI is InChI=1S/C14H25NO3/c1-5-7-12(16)10-11-8-6-9-15(11)13(17)18-14(2,3)4/h11H,5-10H2,1-4H3. The predicted octanol–water partition coefficient (Wildman–Crippen LogP) is 3.15. The molecular weight excluding hydrogens is 230 g/mol. The van der Waals surface area contributed by atoms with Crippen molar-refractivity contribution in [3.8, 4) is 0 Å². The summed E-state index contributed by atoms with van der Waals surface area (Å²) in [5.41, 5.74) is -0.475. The van der Waals surface area contributed by atoms with Crippen LogP contribution in [0.15, 0.2) is 0 Å². The molecule has 4 nitrogen and oxygen atoms in total. The fraction of sp³-hybridized carbons (Fsp3) is 0.857. The van der Waals surface area contributed by atoms with Gasteiger partial charge in [-0.2, -0.15) is 0 Å². The Kier molecular flexibility index (Phi) is 5.17. The molecule has 1 saturated heterocycles. The molecule has 1 heterocycles. The molecule has 0 N–H and O–H groups in total. The van der Waals surface area contributed by atoms with Gasteiger partial charge in [0.25, 0.3) is 0 Å². The highest BCUT2D eigenvalue weighted by molar-refractivity contribution is 5.80. The summed E-state index contributed by atoms with van der Waals surface area (Å²) >= 11 is 0. The molecule has 1 atom stereocenters. The summed E-state index contributed by atoms with van der Waals surface area (Å²) in [5.74, 6) is 0.248. The Morgan fingerprint density at radius 3 is 2.56 bits per heavy atom. The molecule has 18 heavy (non-hydrogen) atoms. The number of likely N-dealkylation sites (tertiary alicyclic amines) is 1. The second-order valence-corrected chi connectivity index (χ2v) is 5.96. The summed E-state index contributed by atoms with van der Waals surface area (Å²) in [6, 6.07) is 0.0406. The molecule has 1 rings (SSSR count). The van der Waals surface area contributed by atoms with Crippen molar-refractivity contribution in [3.63, 3.8) is 0 Å². The quantitative estimate of drug-likeness (QED) is 0.775. The minimum atomic E-state index is -0.475. The highest BCUT2D eigenvalue weighted by atomic mass is 16.6. The van der Waals surface area contributed by atoms with E-state index in [1.807, 2.05) is 27.7 Å². The molecule has 0 aromatic heterocycles. The molecule has 4 heteroatoms. The fourth-order valence-corrected chi connectivity index (χ4v) is 2.25. The van der Waals surface area contributed by atoms with Crippen LogP contribution in [0.5, 0.6) is 0 Å².